The second-order valence-electron chi connectivity index (χ2n) is 3.83. The van der Waals surface area contributed by atoms with Crippen molar-refractivity contribution in [2.45, 2.75) is 11.3 Å². The summed E-state index contributed by atoms with van der Waals surface area (Å²) in [4.78, 5) is 6.98. The van der Waals surface area contributed by atoms with E-state index in [0.29, 0.717) is 11.4 Å². The van der Waals surface area contributed by atoms with Gasteiger partial charge in [-0.25, -0.2) is 18.1 Å². The first-order valence-electron chi connectivity index (χ1n) is 5.37. The number of H-pyrrole nitrogens is 1. The number of anilines is 1. The standard InChI is InChI=1S/C11H12N4O2S2/c12-10(18)7-8-1-3-9(4-2-8)19(16,17)15-11-13-5-6-14-11/h1-6H,7H2,(H2,12,18)(H2,13,14,15). The van der Waals surface area contributed by atoms with Gasteiger partial charge in [-0.15, -0.1) is 0 Å². The van der Waals surface area contributed by atoms with Gasteiger partial charge < -0.3 is 10.7 Å². The van der Waals surface area contributed by atoms with Gasteiger partial charge in [0.05, 0.1) is 9.88 Å². The third-order valence-corrected chi connectivity index (χ3v) is 3.84. The van der Waals surface area contributed by atoms with Crippen LogP contribution in [-0.2, 0) is 16.4 Å². The van der Waals surface area contributed by atoms with Gasteiger partial charge in [-0.05, 0) is 17.7 Å². The van der Waals surface area contributed by atoms with Crippen molar-refractivity contribution in [3.05, 3.63) is 42.2 Å². The highest BCUT2D eigenvalue weighted by Crippen LogP contribution is 2.14. The Labute approximate surface area is 116 Å². The van der Waals surface area contributed by atoms with Crippen molar-refractivity contribution in [2.24, 2.45) is 5.73 Å². The lowest BCUT2D eigenvalue weighted by Gasteiger charge is -2.06. The van der Waals surface area contributed by atoms with Crippen LogP contribution >= 0.6 is 12.2 Å². The van der Waals surface area contributed by atoms with E-state index in [0.717, 1.165) is 5.56 Å². The molecule has 0 aliphatic rings. The van der Waals surface area contributed by atoms with Crippen LogP contribution in [0.2, 0.25) is 0 Å². The molecule has 1 heterocycles. The van der Waals surface area contributed by atoms with E-state index in [1.165, 1.54) is 24.5 Å². The third-order valence-electron chi connectivity index (χ3n) is 2.34. The number of benzene rings is 1. The highest BCUT2D eigenvalue weighted by Gasteiger charge is 2.14. The maximum atomic E-state index is 12.0. The van der Waals surface area contributed by atoms with Crippen LogP contribution in [0.25, 0.3) is 0 Å². The normalized spacial score (nSPS) is 11.2. The summed E-state index contributed by atoms with van der Waals surface area (Å²) in [6, 6.07) is 6.35. The second kappa shape index (κ2) is 5.37. The van der Waals surface area contributed by atoms with E-state index in [1.807, 2.05) is 0 Å². The second-order valence-corrected chi connectivity index (χ2v) is 6.04. The summed E-state index contributed by atoms with van der Waals surface area (Å²) >= 11 is 4.80. The Morgan fingerprint density at radius 1 is 1.37 bits per heavy atom. The molecule has 0 spiro atoms. The molecular formula is C11H12N4O2S2. The van der Waals surface area contributed by atoms with Crippen molar-refractivity contribution in [3.8, 4) is 0 Å². The van der Waals surface area contributed by atoms with Crippen LogP contribution in [0, 0.1) is 0 Å². The Balaban J connectivity index is 2.19. The summed E-state index contributed by atoms with van der Waals surface area (Å²) in [5.74, 6) is 0.173. The van der Waals surface area contributed by atoms with Gasteiger partial charge in [-0.1, -0.05) is 24.4 Å². The van der Waals surface area contributed by atoms with E-state index in [9.17, 15) is 8.42 Å². The summed E-state index contributed by atoms with van der Waals surface area (Å²) in [5.41, 5.74) is 6.29. The van der Waals surface area contributed by atoms with E-state index >= 15 is 0 Å². The van der Waals surface area contributed by atoms with Gasteiger partial charge in [0.15, 0.2) is 0 Å². The molecular weight excluding hydrogens is 284 g/mol. The fourth-order valence-electron chi connectivity index (χ4n) is 1.49. The largest absolute Gasteiger partial charge is 0.393 e. The molecule has 8 heteroatoms. The number of nitrogens with two attached hydrogens (primary N) is 1. The topological polar surface area (TPSA) is 101 Å². The van der Waals surface area contributed by atoms with Gasteiger partial charge in [-0.3, -0.25) is 0 Å². The summed E-state index contributed by atoms with van der Waals surface area (Å²) in [5, 5.41) is 0. The Hall–Kier alpha value is -1.93. The number of hydrogen-bond acceptors (Lipinski definition) is 4. The molecule has 0 aliphatic carbocycles. The predicted octanol–water partition coefficient (Wildman–Crippen LogP) is 1.04. The minimum absolute atomic E-state index is 0.149. The molecule has 0 radical (unpaired) electrons. The molecule has 19 heavy (non-hydrogen) atoms. The summed E-state index contributed by atoms with van der Waals surface area (Å²) in [7, 11) is -3.64. The van der Waals surface area contributed by atoms with Gasteiger partial charge in [0, 0.05) is 18.8 Å². The lowest BCUT2D eigenvalue weighted by atomic mass is 10.1. The predicted molar refractivity (Wildman–Crippen MR) is 76.3 cm³/mol. The molecule has 0 atom stereocenters. The fraction of sp³-hybridized carbons (Fsp3) is 0.0909. The number of sulfonamides is 1. The Morgan fingerprint density at radius 2 is 2.05 bits per heavy atom. The molecule has 6 nitrogen and oxygen atoms in total. The molecule has 100 valence electrons. The van der Waals surface area contributed by atoms with Crippen molar-refractivity contribution in [1.82, 2.24) is 9.97 Å². The SMILES string of the molecule is NC(=S)Cc1ccc(S(=O)(=O)Nc2ncc[nH]2)cc1. The zero-order valence-electron chi connectivity index (χ0n) is 9.83. The molecule has 1 aromatic heterocycles. The monoisotopic (exact) mass is 296 g/mol. The van der Waals surface area contributed by atoms with Crippen LogP contribution in [0.5, 0.6) is 0 Å². The quantitative estimate of drug-likeness (QED) is 0.716. The molecule has 0 bridgehead atoms. The summed E-state index contributed by atoms with van der Waals surface area (Å²) in [6.45, 7) is 0. The van der Waals surface area contributed by atoms with Gasteiger partial charge >= 0.3 is 0 Å². The van der Waals surface area contributed by atoms with Crippen LogP contribution in [0.4, 0.5) is 5.95 Å². The average Bonchev–Trinajstić information content (AvgIpc) is 2.81. The van der Waals surface area contributed by atoms with E-state index in [-0.39, 0.29) is 10.8 Å². The number of aromatic nitrogens is 2. The molecule has 0 aliphatic heterocycles. The molecule has 0 unspecified atom stereocenters. The van der Waals surface area contributed by atoms with Gasteiger partial charge in [0.2, 0.25) is 5.95 Å². The van der Waals surface area contributed by atoms with Crippen LogP contribution in [0.1, 0.15) is 5.56 Å². The molecule has 0 saturated heterocycles. The van der Waals surface area contributed by atoms with Gasteiger partial charge in [-0.2, -0.15) is 0 Å². The molecule has 1 aromatic carbocycles. The number of thiocarbonyl (C=S) groups is 1. The van der Waals surface area contributed by atoms with Crippen LogP contribution in [0.3, 0.4) is 0 Å². The number of hydrogen-bond donors (Lipinski definition) is 3. The highest BCUT2D eigenvalue weighted by atomic mass is 32.2. The maximum Gasteiger partial charge on any atom is 0.264 e. The number of nitrogens with zero attached hydrogens (tertiary/aromatic N) is 1. The maximum absolute atomic E-state index is 12.0. The molecule has 2 rings (SSSR count). The molecule has 2 aromatic rings. The average molecular weight is 296 g/mol. The molecule has 0 fully saturated rings. The van der Waals surface area contributed by atoms with E-state index in [4.69, 9.17) is 18.0 Å². The van der Waals surface area contributed by atoms with Crippen LogP contribution in [0.15, 0.2) is 41.6 Å². The Bertz CT molecular complexity index is 663. The fourth-order valence-corrected chi connectivity index (χ4v) is 2.64. The number of nitrogens with one attached hydrogen (secondary N) is 2. The van der Waals surface area contributed by atoms with Crippen LogP contribution in [-0.4, -0.2) is 23.4 Å². The van der Waals surface area contributed by atoms with Crippen molar-refractivity contribution in [1.29, 1.82) is 0 Å². The lowest BCUT2D eigenvalue weighted by molar-refractivity contribution is 0.601. The lowest BCUT2D eigenvalue weighted by Crippen LogP contribution is -2.14. The Morgan fingerprint density at radius 3 is 2.58 bits per heavy atom. The van der Waals surface area contributed by atoms with Crippen LogP contribution < -0.4 is 10.5 Å². The van der Waals surface area contributed by atoms with Crippen molar-refractivity contribution in [3.63, 3.8) is 0 Å². The number of imidazole rings is 1. The van der Waals surface area contributed by atoms with E-state index in [2.05, 4.69) is 14.7 Å². The smallest absolute Gasteiger partial charge is 0.264 e. The zero-order valence-corrected chi connectivity index (χ0v) is 11.5. The van der Waals surface area contributed by atoms with Crippen molar-refractivity contribution >= 4 is 33.2 Å². The zero-order chi connectivity index (χ0) is 13.9. The first-order chi connectivity index (χ1) is 8.97. The minimum atomic E-state index is -3.64. The molecule has 0 saturated carbocycles. The highest BCUT2D eigenvalue weighted by molar-refractivity contribution is 7.92. The summed E-state index contributed by atoms with van der Waals surface area (Å²) < 4.78 is 26.4. The van der Waals surface area contributed by atoms with Crippen molar-refractivity contribution < 1.29 is 8.42 Å². The number of aromatic amines is 1. The number of rotatable bonds is 5. The van der Waals surface area contributed by atoms with E-state index < -0.39 is 10.0 Å². The van der Waals surface area contributed by atoms with Gasteiger partial charge in [0.1, 0.15) is 0 Å². The van der Waals surface area contributed by atoms with Crippen molar-refractivity contribution in [2.75, 3.05) is 4.72 Å². The molecule has 4 N–H and O–H groups in total. The summed E-state index contributed by atoms with van der Waals surface area (Å²) in [6.07, 6.45) is 3.44. The van der Waals surface area contributed by atoms with E-state index in [1.54, 1.807) is 12.1 Å². The molecule has 0 amide bonds. The minimum Gasteiger partial charge on any atom is -0.393 e. The third kappa shape index (κ3) is 3.52. The first kappa shape index (κ1) is 13.5. The first-order valence-corrected chi connectivity index (χ1v) is 7.26. The Kier molecular flexibility index (Phi) is 3.82. The van der Waals surface area contributed by atoms with Gasteiger partial charge in [0.25, 0.3) is 10.0 Å².